The summed E-state index contributed by atoms with van der Waals surface area (Å²) in [4.78, 5) is 0. The molecular weight excluding hydrogens is 369 g/mol. The van der Waals surface area contributed by atoms with E-state index in [-0.39, 0.29) is 11.3 Å². The molecule has 0 fully saturated rings. The number of anilines is 1. The Balaban J connectivity index is 2.66. The normalized spacial score (nSPS) is 14.2. The molecule has 1 atom stereocenters. The molecule has 0 saturated carbocycles. The Morgan fingerprint density at radius 3 is 1.69 bits per heavy atom. The highest BCUT2D eigenvalue weighted by Crippen LogP contribution is 2.49. The molecular formula is C18H20F5NOSi. The third kappa shape index (κ3) is 4.61. The third-order valence-corrected chi connectivity index (χ3v) is 4.20. The van der Waals surface area contributed by atoms with E-state index in [1.54, 1.807) is 43.9 Å². The van der Waals surface area contributed by atoms with Gasteiger partial charge < -0.3 is 4.53 Å². The van der Waals surface area contributed by atoms with E-state index in [0.29, 0.717) is 0 Å². The van der Waals surface area contributed by atoms with Gasteiger partial charge in [-0.15, -0.1) is 0 Å². The van der Waals surface area contributed by atoms with Crippen LogP contribution in [0.15, 0.2) is 60.7 Å². The van der Waals surface area contributed by atoms with Gasteiger partial charge in [-0.05, 0) is 37.3 Å². The van der Waals surface area contributed by atoms with Crippen LogP contribution in [-0.4, -0.2) is 20.4 Å². The Hall–Kier alpha value is -1.93. The van der Waals surface area contributed by atoms with Crippen LogP contribution in [0.3, 0.4) is 0 Å². The van der Waals surface area contributed by atoms with E-state index in [2.05, 4.69) is 0 Å². The maximum atomic E-state index is 14.6. The molecule has 2 rings (SSSR count). The molecule has 0 spiro atoms. The number of hydrogen-bond acceptors (Lipinski definition) is 2. The summed E-state index contributed by atoms with van der Waals surface area (Å²) in [5, 5.41) is 0.717. The van der Waals surface area contributed by atoms with E-state index in [1.807, 2.05) is 0 Å². The molecule has 0 aliphatic carbocycles. The highest BCUT2D eigenvalue weighted by molar-refractivity contribution is 6.69. The maximum absolute atomic E-state index is 14.6. The maximum Gasteiger partial charge on any atom is 0.455 e. The number of rotatable bonds is 6. The van der Waals surface area contributed by atoms with Gasteiger partial charge in [0.25, 0.3) is 0 Å². The van der Waals surface area contributed by atoms with Crippen LogP contribution in [-0.2, 0) is 4.53 Å². The Morgan fingerprint density at radius 2 is 1.27 bits per heavy atom. The van der Waals surface area contributed by atoms with Gasteiger partial charge in [0.1, 0.15) is 0 Å². The minimum atomic E-state index is -5.73. The fraction of sp³-hybridized carbons (Fsp3) is 0.333. The molecule has 0 aliphatic heterocycles. The molecule has 26 heavy (non-hydrogen) atoms. The van der Waals surface area contributed by atoms with Crippen molar-refractivity contribution in [2.45, 2.75) is 37.8 Å². The fourth-order valence-corrected chi connectivity index (χ4v) is 3.21. The molecule has 0 N–H and O–H groups in total. The van der Waals surface area contributed by atoms with E-state index in [9.17, 15) is 22.0 Å². The van der Waals surface area contributed by atoms with E-state index < -0.39 is 26.5 Å². The van der Waals surface area contributed by atoms with Crippen molar-refractivity contribution in [1.82, 2.24) is 0 Å². The number of hydrogen-bond donors (Lipinski definition) is 0. The van der Waals surface area contributed by atoms with Crippen molar-refractivity contribution < 1.29 is 26.5 Å². The second-order valence-electron chi connectivity index (χ2n) is 6.80. The minimum Gasteiger partial charge on any atom is -0.319 e. The first-order chi connectivity index (χ1) is 11.9. The summed E-state index contributed by atoms with van der Waals surface area (Å²) in [5.74, 6) is -5.02. The molecule has 2 nitrogen and oxygen atoms in total. The first-order valence-corrected chi connectivity index (χ1v) is 11.4. The number of alkyl halides is 5. The Labute approximate surface area is 150 Å². The summed E-state index contributed by atoms with van der Waals surface area (Å²) in [6, 6.07) is 12.2. The monoisotopic (exact) mass is 389 g/mol. The number of para-hydroxylation sites is 1. The summed E-state index contributed by atoms with van der Waals surface area (Å²) in [7, 11) is -2.51. The first kappa shape index (κ1) is 20.4. The van der Waals surface area contributed by atoms with Crippen molar-refractivity contribution in [3.8, 4) is 0 Å². The number of nitrogens with zero attached hydrogens (tertiary/aromatic N) is 1. The first-order valence-electron chi connectivity index (χ1n) is 7.96. The lowest BCUT2D eigenvalue weighted by atomic mass is 9.99. The molecule has 2 aromatic rings. The SMILES string of the molecule is C[Si](C)(C)ON(c1ccccc1)C(c1ccccc1)C(F)(F)C(F)(F)F. The smallest absolute Gasteiger partial charge is 0.319 e. The van der Waals surface area contributed by atoms with Crippen LogP contribution < -0.4 is 5.06 Å². The molecule has 0 radical (unpaired) electrons. The fourth-order valence-electron chi connectivity index (χ4n) is 2.41. The molecule has 8 heteroatoms. The average Bonchev–Trinajstić information content (AvgIpc) is 2.53. The zero-order valence-electron chi connectivity index (χ0n) is 14.6. The topological polar surface area (TPSA) is 12.5 Å². The zero-order chi connectivity index (χ0) is 19.6. The standard InChI is InChI=1S/C18H20F5NOSi/c1-26(2,3)25-24(15-12-8-5-9-13-15)16(14-10-6-4-7-11-14)17(19,20)18(21,22)23/h4-13,16H,1-3H3. The number of halogens is 5. The molecule has 0 aromatic heterocycles. The Bertz CT molecular complexity index is 701. The highest BCUT2D eigenvalue weighted by Gasteiger charge is 2.65. The molecule has 0 saturated heterocycles. The van der Waals surface area contributed by atoms with Crippen LogP contribution in [0.2, 0.25) is 19.6 Å². The van der Waals surface area contributed by atoms with Crippen LogP contribution in [0.25, 0.3) is 0 Å². The van der Waals surface area contributed by atoms with Crippen molar-refractivity contribution >= 4 is 14.0 Å². The Kier molecular flexibility index (Phi) is 5.77. The van der Waals surface area contributed by atoms with Crippen LogP contribution in [0.4, 0.5) is 27.6 Å². The average molecular weight is 389 g/mol. The van der Waals surface area contributed by atoms with Gasteiger partial charge >= 0.3 is 12.1 Å². The minimum absolute atomic E-state index is 0.132. The summed E-state index contributed by atoms with van der Waals surface area (Å²) in [5.41, 5.74) is -0.0513. The van der Waals surface area contributed by atoms with E-state index in [1.165, 1.54) is 36.4 Å². The van der Waals surface area contributed by atoms with Crippen LogP contribution in [0, 0.1) is 0 Å². The molecule has 2 aromatic carbocycles. The van der Waals surface area contributed by atoms with Crippen molar-refractivity contribution in [1.29, 1.82) is 0 Å². The predicted molar refractivity (Wildman–Crippen MR) is 93.5 cm³/mol. The van der Waals surface area contributed by atoms with E-state index >= 15 is 0 Å². The van der Waals surface area contributed by atoms with Crippen LogP contribution >= 0.6 is 0 Å². The molecule has 142 valence electrons. The molecule has 0 amide bonds. The Morgan fingerprint density at radius 1 is 0.808 bits per heavy atom. The summed E-state index contributed by atoms with van der Waals surface area (Å²) < 4.78 is 74.6. The summed E-state index contributed by atoms with van der Waals surface area (Å²) >= 11 is 0. The van der Waals surface area contributed by atoms with E-state index in [0.717, 1.165) is 5.06 Å². The molecule has 0 heterocycles. The van der Waals surface area contributed by atoms with Crippen LogP contribution in [0.5, 0.6) is 0 Å². The van der Waals surface area contributed by atoms with Crippen molar-refractivity contribution in [2.75, 3.05) is 5.06 Å². The second-order valence-corrected chi connectivity index (χ2v) is 11.2. The van der Waals surface area contributed by atoms with Gasteiger partial charge in [0.15, 0.2) is 6.04 Å². The lowest BCUT2D eigenvalue weighted by molar-refractivity contribution is -0.295. The summed E-state index contributed by atoms with van der Waals surface area (Å²) in [6.07, 6.45) is -5.73. The third-order valence-electron chi connectivity index (χ3n) is 3.45. The summed E-state index contributed by atoms with van der Waals surface area (Å²) in [6.45, 7) is 5.16. The zero-order valence-corrected chi connectivity index (χ0v) is 15.6. The lowest BCUT2D eigenvalue weighted by Gasteiger charge is -2.41. The van der Waals surface area contributed by atoms with Gasteiger partial charge in [-0.25, -0.2) is 0 Å². The van der Waals surface area contributed by atoms with Crippen molar-refractivity contribution in [3.05, 3.63) is 66.2 Å². The van der Waals surface area contributed by atoms with Gasteiger partial charge in [-0.2, -0.15) is 22.0 Å². The van der Waals surface area contributed by atoms with Gasteiger partial charge in [-0.3, -0.25) is 5.06 Å². The molecule has 1 unspecified atom stereocenters. The molecule has 0 aliphatic rings. The molecule has 0 bridgehead atoms. The predicted octanol–water partition coefficient (Wildman–Crippen LogP) is 6.20. The largest absolute Gasteiger partial charge is 0.455 e. The van der Waals surface area contributed by atoms with E-state index in [4.69, 9.17) is 4.53 Å². The van der Waals surface area contributed by atoms with Gasteiger partial charge in [-0.1, -0.05) is 48.5 Å². The highest BCUT2D eigenvalue weighted by atomic mass is 28.4. The van der Waals surface area contributed by atoms with Crippen molar-refractivity contribution in [3.63, 3.8) is 0 Å². The van der Waals surface area contributed by atoms with Crippen LogP contribution in [0.1, 0.15) is 11.6 Å². The van der Waals surface area contributed by atoms with Gasteiger partial charge in [0.05, 0.1) is 5.69 Å². The van der Waals surface area contributed by atoms with Gasteiger partial charge in [0, 0.05) is 0 Å². The second kappa shape index (κ2) is 7.36. The lowest BCUT2D eigenvalue weighted by Crippen LogP contribution is -2.52. The quantitative estimate of drug-likeness (QED) is 0.331. The van der Waals surface area contributed by atoms with Gasteiger partial charge in [0.2, 0.25) is 8.32 Å². The van der Waals surface area contributed by atoms with Crippen molar-refractivity contribution in [2.24, 2.45) is 0 Å². The number of benzene rings is 2. The number of hydroxylamine groups is 1.